The number of rotatable bonds is 1. The zero-order valence-corrected chi connectivity index (χ0v) is 21.2. The number of nitrogens with two attached hydrogens (primary N) is 1. The van der Waals surface area contributed by atoms with E-state index in [1.807, 2.05) is 12.1 Å². The zero-order chi connectivity index (χ0) is 15.8. The van der Waals surface area contributed by atoms with Gasteiger partial charge in [-0.15, -0.1) is 0 Å². The molecule has 22 heavy (non-hydrogen) atoms. The predicted octanol–water partition coefficient (Wildman–Crippen LogP) is -7.97. The van der Waals surface area contributed by atoms with E-state index in [2.05, 4.69) is 4.98 Å². The summed E-state index contributed by atoms with van der Waals surface area (Å²) in [7, 11) is 0. The molecule has 0 aromatic carbocycles. The summed E-state index contributed by atoms with van der Waals surface area (Å²) in [5, 5.41) is 31.2. The largest absolute Gasteiger partial charge is 1.00 e. The van der Waals surface area contributed by atoms with Gasteiger partial charge in [-0.05, 0) is 17.7 Å². The molecule has 100 valence electrons. The molecule has 11 heteroatoms. The Bertz CT molecular complexity index is 304. The third kappa shape index (κ3) is 71.6. The summed E-state index contributed by atoms with van der Waals surface area (Å²) < 4.78 is 0. The van der Waals surface area contributed by atoms with Gasteiger partial charge in [0.2, 0.25) is 0 Å². The molecule has 1 aromatic heterocycles. The molecule has 0 radical (unpaired) electrons. The maximum absolute atomic E-state index is 6.25. The fourth-order valence-corrected chi connectivity index (χ4v) is 0.519. The molecule has 0 saturated heterocycles. The van der Waals surface area contributed by atoms with Crippen molar-refractivity contribution in [3.05, 3.63) is 63.0 Å². The van der Waals surface area contributed by atoms with Crippen LogP contribution in [-0.2, 0) is 26.3 Å². The fourth-order valence-electron chi connectivity index (χ4n) is 0.519. The first-order valence-electron chi connectivity index (χ1n) is 3.64. The van der Waals surface area contributed by atoms with Crippen molar-refractivity contribution in [2.45, 2.75) is 6.54 Å². The smallest absolute Gasteiger partial charge is 0.512 e. The topological polar surface area (TPSA) is 158 Å². The van der Waals surface area contributed by atoms with Gasteiger partial charge in [0.15, 0.2) is 0 Å². The number of pyridine rings is 1. The molecule has 0 aliphatic heterocycles. The van der Waals surface area contributed by atoms with E-state index < -0.39 is 0 Å². The quantitative estimate of drug-likeness (QED) is 0.298. The molecule has 0 bridgehead atoms. The van der Waals surface area contributed by atoms with Crippen LogP contribution in [0, 0.1) is 59.2 Å². The first-order valence-corrected chi connectivity index (χ1v) is 3.64. The van der Waals surface area contributed by atoms with Gasteiger partial charge in [-0.25, -0.2) is 0 Å². The van der Waals surface area contributed by atoms with E-state index in [-0.39, 0.29) is 108 Å². The van der Waals surface area contributed by atoms with E-state index in [1.165, 1.54) is 0 Å². The number of hydrogen-bond donors (Lipinski definition) is 1. The molecule has 0 aliphatic carbocycles. The molecule has 1 rings (SSSR count). The molecule has 0 aliphatic rings. The summed E-state index contributed by atoms with van der Waals surface area (Å²) in [6.45, 7) is 24.3. The van der Waals surface area contributed by atoms with Crippen molar-refractivity contribution in [2.24, 2.45) is 5.73 Å². The summed E-state index contributed by atoms with van der Waals surface area (Å²) >= 11 is 0. The number of nitrogens with zero attached hydrogens (tertiary/aromatic N) is 6. The minimum atomic E-state index is 0. The van der Waals surface area contributed by atoms with Crippen LogP contribution in [-0.4, -0.2) is 4.98 Å². The van der Waals surface area contributed by atoms with E-state index in [4.69, 9.17) is 64.9 Å². The third-order valence-corrected chi connectivity index (χ3v) is 0.985. The van der Waals surface area contributed by atoms with Crippen LogP contribution < -0.4 is 94.4 Å². The van der Waals surface area contributed by atoms with Crippen LogP contribution in [0.5, 0.6) is 0 Å². The van der Waals surface area contributed by atoms with Crippen molar-refractivity contribution in [1.82, 2.24) is 4.98 Å². The summed E-state index contributed by atoms with van der Waals surface area (Å²) in [6, 6.07) is 3.81. The Morgan fingerprint density at radius 3 is 1.09 bits per heavy atom. The maximum Gasteiger partial charge on any atom is 1.00 e. The van der Waals surface area contributed by atoms with Crippen LogP contribution in [0.2, 0.25) is 0 Å². The molecular weight excluding hydrogens is 489 g/mol. The van der Waals surface area contributed by atoms with Crippen molar-refractivity contribution in [2.75, 3.05) is 0 Å². The second kappa shape index (κ2) is 102. The molecule has 0 spiro atoms. The molecule has 0 amide bonds. The summed E-state index contributed by atoms with van der Waals surface area (Å²) in [6.07, 6.45) is 3.48. The van der Waals surface area contributed by atoms with Crippen LogP contribution in [0.15, 0.2) is 24.5 Å². The van der Waals surface area contributed by atoms with E-state index in [1.54, 1.807) is 12.4 Å². The third-order valence-electron chi connectivity index (χ3n) is 0.985. The van der Waals surface area contributed by atoms with Gasteiger partial charge in [0.05, 0.1) is 0 Å². The van der Waals surface area contributed by atoms with Crippen molar-refractivity contribution < 1.29 is 108 Å². The van der Waals surface area contributed by atoms with Gasteiger partial charge < -0.3 is 64.9 Å². The Labute approximate surface area is 212 Å². The second-order valence-corrected chi connectivity index (χ2v) is 1.56. The van der Waals surface area contributed by atoms with Crippen LogP contribution >= 0.6 is 0 Å². The summed E-state index contributed by atoms with van der Waals surface area (Å²) in [4.78, 5) is 3.84. The number of aromatic nitrogens is 1. The van der Waals surface area contributed by atoms with Crippen molar-refractivity contribution >= 4 is 0 Å². The molecule has 0 fully saturated rings. The predicted molar refractivity (Wildman–Crippen MR) is 57.0 cm³/mol. The monoisotopic (exact) mass is 499 g/mol. The summed E-state index contributed by atoms with van der Waals surface area (Å²) in [5.41, 5.74) is 6.45. The maximum atomic E-state index is 6.25. The van der Waals surface area contributed by atoms with Crippen molar-refractivity contribution in [1.29, 1.82) is 26.3 Å². The van der Waals surface area contributed by atoms with Gasteiger partial charge in [-0.2, -0.15) is 0 Å². The Hall–Kier alpha value is 0.196. The normalized spacial score (nSPS) is 3.77. The van der Waals surface area contributed by atoms with Gasteiger partial charge >= 0.3 is 88.7 Å². The van der Waals surface area contributed by atoms with Crippen LogP contribution in [0.1, 0.15) is 5.56 Å². The Morgan fingerprint density at radius 2 is 0.955 bits per heavy atom. The van der Waals surface area contributed by atoms with E-state index in [0.29, 0.717) is 6.54 Å². The first kappa shape index (κ1) is 57.3. The first-order chi connectivity index (χ1) is 8.93. The zero-order valence-electron chi connectivity index (χ0n) is 12.6. The summed E-state index contributed by atoms with van der Waals surface area (Å²) in [5.74, 6) is 0. The van der Waals surface area contributed by atoms with Crippen LogP contribution in [0.4, 0.5) is 0 Å². The minimum absolute atomic E-state index is 0. The minimum Gasteiger partial charge on any atom is -0.512 e. The van der Waals surface area contributed by atoms with Crippen LogP contribution in [0.25, 0.3) is 0 Å². The van der Waals surface area contributed by atoms with Gasteiger partial charge in [-0.1, -0.05) is 0 Å². The van der Waals surface area contributed by atoms with E-state index in [9.17, 15) is 0 Å². The van der Waals surface area contributed by atoms with Gasteiger partial charge in [0.25, 0.3) is 0 Å². The van der Waals surface area contributed by atoms with E-state index in [0.717, 1.165) is 5.56 Å². The Kier molecular flexibility index (Phi) is 266. The molecule has 1 heterocycles. The standard InChI is InChI=1S/C6H8N2.5CN.3Na.Os/c7-5-6-1-3-8-4-2-6;5*1-2;;;;/h1-4H,5,7H2;;;;;;;;;/q;5*-1;3*+1;. The second-order valence-electron chi connectivity index (χ2n) is 1.56. The SMILES string of the molecule is NCc1ccncc1.[C-]#N.[C-]#N.[C-]#N.[C-]#N.[C-]#N.[Na+].[Na+].[Na+].[Os]. The van der Waals surface area contributed by atoms with Gasteiger partial charge in [-0.3, -0.25) is 4.98 Å². The van der Waals surface area contributed by atoms with Crippen molar-refractivity contribution in [3.63, 3.8) is 0 Å². The molecule has 0 saturated carbocycles. The molecule has 1 aromatic rings. The molecule has 0 unspecified atom stereocenters. The molecule has 2 N–H and O–H groups in total. The average molecular weight is 497 g/mol. The molecule has 0 atom stereocenters. The van der Waals surface area contributed by atoms with Crippen LogP contribution in [0.3, 0.4) is 0 Å². The Morgan fingerprint density at radius 1 is 0.727 bits per heavy atom. The van der Waals surface area contributed by atoms with Gasteiger partial charge in [0.1, 0.15) is 0 Å². The van der Waals surface area contributed by atoms with Crippen molar-refractivity contribution in [3.8, 4) is 0 Å². The van der Waals surface area contributed by atoms with Gasteiger partial charge in [0, 0.05) is 38.7 Å². The molecule has 7 nitrogen and oxygen atoms in total. The fraction of sp³-hybridized carbons (Fsp3) is 0.0909. The Balaban J connectivity index is -0.0000000153. The molecular formula is C11H8N7Na3Os-2. The average Bonchev–Trinajstić information content (AvgIpc) is 2.57. The number of hydrogen-bond acceptors (Lipinski definition) is 7. The van der Waals surface area contributed by atoms with E-state index >= 15 is 0 Å².